The number of rotatable bonds is 3. The third-order valence-corrected chi connectivity index (χ3v) is 3.21. The highest BCUT2D eigenvalue weighted by atomic mass is 79.9. The highest BCUT2D eigenvalue weighted by molar-refractivity contribution is 9.10. The molecule has 20 heavy (non-hydrogen) atoms. The lowest BCUT2D eigenvalue weighted by Gasteiger charge is -1.97. The number of H-pyrrole nitrogens is 1. The Bertz CT molecular complexity index is 749. The van der Waals surface area contributed by atoms with Gasteiger partial charge in [-0.3, -0.25) is 0 Å². The van der Waals surface area contributed by atoms with Crippen LogP contribution in [0.4, 0.5) is 10.3 Å². The molecule has 0 radical (unpaired) electrons. The van der Waals surface area contributed by atoms with Crippen molar-refractivity contribution >= 4 is 39.1 Å². The number of benzene rings is 2. The molecule has 1 heterocycles. The quantitative estimate of drug-likeness (QED) is 0.564. The van der Waals surface area contributed by atoms with E-state index in [0.29, 0.717) is 11.5 Å². The summed E-state index contributed by atoms with van der Waals surface area (Å²) in [5.41, 5.74) is 4.90. The van der Waals surface area contributed by atoms with E-state index in [1.165, 1.54) is 12.3 Å². The van der Waals surface area contributed by atoms with Gasteiger partial charge in [-0.05, 0) is 30.3 Å². The number of hydrogen-bond donors (Lipinski definition) is 2. The number of nitrogens with one attached hydrogen (secondary N) is 2. The zero-order valence-electron chi connectivity index (χ0n) is 10.3. The number of aromatic nitrogens is 2. The van der Waals surface area contributed by atoms with E-state index in [0.717, 1.165) is 15.5 Å². The molecule has 0 aliphatic rings. The summed E-state index contributed by atoms with van der Waals surface area (Å²) in [7, 11) is 0. The number of anilines is 1. The first kappa shape index (κ1) is 12.8. The minimum absolute atomic E-state index is 0.330. The zero-order valence-corrected chi connectivity index (χ0v) is 11.9. The van der Waals surface area contributed by atoms with E-state index >= 15 is 0 Å². The molecule has 0 fully saturated rings. The minimum Gasteiger partial charge on any atom is -0.323 e. The molecule has 100 valence electrons. The average Bonchev–Trinajstić information content (AvgIpc) is 2.85. The van der Waals surface area contributed by atoms with Crippen molar-refractivity contribution in [3.63, 3.8) is 0 Å². The van der Waals surface area contributed by atoms with Gasteiger partial charge in [-0.1, -0.05) is 28.1 Å². The van der Waals surface area contributed by atoms with Gasteiger partial charge in [-0.25, -0.2) is 14.8 Å². The molecule has 3 aromatic rings. The van der Waals surface area contributed by atoms with Gasteiger partial charge in [-0.2, -0.15) is 5.10 Å². The van der Waals surface area contributed by atoms with Crippen LogP contribution < -0.4 is 5.43 Å². The summed E-state index contributed by atoms with van der Waals surface area (Å²) < 4.78 is 14.3. The van der Waals surface area contributed by atoms with Crippen molar-refractivity contribution in [3.8, 4) is 0 Å². The van der Waals surface area contributed by atoms with Crippen molar-refractivity contribution in [2.24, 2.45) is 5.10 Å². The van der Waals surface area contributed by atoms with Gasteiger partial charge in [0.05, 0.1) is 17.2 Å². The molecule has 4 nitrogen and oxygen atoms in total. The van der Waals surface area contributed by atoms with Gasteiger partial charge in [0.1, 0.15) is 5.82 Å². The van der Waals surface area contributed by atoms with Crippen LogP contribution in [-0.2, 0) is 0 Å². The Morgan fingerprint density at radius 3 is 2.95 bits per heavy atom. The van der Waals surface area contributed by atoms with E-state index in [-0.39, 0.29) is 5.82 Å². The van der Waals surface area contributed by atoms with Gasteiger partial charge in [0.2, 0.25) is 5.95 Å². The van der Waals surface area contributed by atoms with Gasteiger partial charge in [0.15, 0.2) is 0 Å². The highest BCUT2D eigenvalue weighted by Crippen LogP contribution is 2.15. The molecule has 0 saturated carbocycles. The number of para-hydroxylation sites is 2. The molecular formula is C14H10BrFN4. The fourth-order valence-corrected chi connectivity index (χ4v) is 2.16. The Kier molecular flexibility index (Phi) is 3.47. The third-order valence-electron chi connectivity index (χ3n) is 2.72. The summed E-state index contributed by atoms with van der Waals surface area (Å²) in [6.45, 7) is 0. The van der Waals surface area contributed by atoms with Gasteiger partial charge in [-0.15, -0.1) is 0 Å². The van der Waals surface area contributed by atoms with Crippen LogP contribution >= 0.6 is 15.9 Å². The first-order valence-electron chi connectivity index (χ1n) is 5.91. The standard InChI is InChI=1S/C14H10BrFN4/c15-10-5-6-11(16)9(7-10)8-17-20-14-18-12-3-1-2-4-13(12)19-14/h1-8H,(H2,18,19,20)/b17-8+. The Morgan fingerprint density at radius 1 is 1.25 bits per heavy atom. The number of nitrogens with zero attached hydrogens (tertiary/aromatic N) is 2. The monoisotopic (exact) mass is 332 g/mol. The maximum Gasteiger partial charge on any atom is 0.222 e. The van der Waals surface area contributed by atoms with Crippen molar-refractivity contribution in [1.29, 1.82) is 0 Å². The third kappa shape index (κ3) is 2.70. The van der Waals surface area contributed by atoms with Gasteiger partial charge >= 0.3 is 0 Å². The maximum atomic E-state index is 13.5. The van der Waals surface area contributed by atoms with Crippen molar-refractivity contribution < 1.29 is 4.39 Å². The lowest BCUT2D eigenvalue weighted by atomic mass is 10.2. The summed E-state index contributed by atoms with van der Waals surface area (Å²) in [4.78, 5) is 7.37. The van der Waals surface area contributed by atoms with Crippen LogP contribution in [0.15, 0.2) is 52.0 Å². The summed E-state index contributed by atoms with van der Waals surface area (Å²) in [6, 6.07) is 12.3. The molecule has 2 aromatic carbocycles. The van der Waals surface area contributed by atoms with Crippen LogP contribution in [-0.4, -0.2) is 16.2 Å². The van der Waals surface area contributed by atoms with E-state index in [9.17, 15) is 4.39 Å². The summed E-state index contributed by atoms with van der Waals surface area (Å²) in [5.74, 6) is 0.182. The summed E-state index contributed by atoms with van der Waals surface area (Å²) in [5, 5.41) is 3.98. The average molecular weight is 333 g/mol. The molecule has 0 atom stereocenters. The van der Waals surface area contributed by atoms with Crippen molar-refractivity contribution in [2.45, 2.75) is 0 Å². The number of fused-ring (bicyclic) bond motifs is 1. The Labute approximate surface area is 122 Å². The molecule has 2 N–H and O–H groups in total. The molecule has 0 bridgehead atoms. The minimum atomic E-state index is -0.330. The fourth-order valence-electron chi connectivity index (χ4n) is 1.78. The molecular weight excluding hydrogens is 323 g/mol. The van der Waals surface area contributed by atoms with Crippen molar-refractivity contribution in [3.05, 3.63) is 58.3 Å². The molecule has 3 rings (SSSR count). The number of imidazole rings is 1. The predicted molar refractivity (Wildman–Crippen MR) is 81.4 cm³/mol. The smallest absolute Gasteiger partial charge is 0.222 e. The molecule has 0 aliphatic heterocycles. The Hall–Kier alpha value is -2.21. The lowest BCUT2D eigenvalue weighted by molar-refractivity contribution is 0.625. The Balaban J connectivity index is 1.78. The number of aromatic amines is 1. The fraction of sp³-hybridized carbons (Fsp3) is 0. The predicted octanol–water partition coefficient (Wildman–Crippen LogP) is 3.91. The van der Waals surface area contributed by atoms with E-state index in [1.54, 1.807) is 12.1 Å². The SMILES string of the molecule is Fc1ccc(Br)cc1/C=N/Nc1nc2ccccc2[nH]1. The molecule has 6 heteroatoms. The van der Waals surface area contributed by atoms with Crippen LogP contribution in [0.1, 0.15) is 5.56 Å². The highest BCUT2D eigenvalue weighted by Gasteiger charge is 2.01. The van der Waals surface area contributed by atoms with Crippen LogP contribution in [0.25, 0.3) is 11.0 Å². The van der Waals surface area contributed by atoms with Crippen LogP contribution in [0.2, 0.25) is 0 Å². The second-order valence-electron chi connectivity index (χ2n) is 4.14. The topological polar surface area (TPSA) is 53.1 Å². The van der Waals surface area contributed by atoms with Crippen molar-refractivity contribution in [2.75, 3.05) is 5.43 Å². The summed E-state index contributed by atoms with van der Waals surface area (Å²) >= 11 is 3.29. The maximum absolute atomic E-state index is 13.5. The first-order chi connectivity index (χ1) is 9.72. The zero-order chi connectivity index (χ0) is 13.9. The van der Waals surface area contributed by atoms with E-state index in [1.807, 2.05) is 24.3 Å². The molecule has 0 aliphatic carbocycles. The lowest BCUT2D eigenvalue weighted by Crippen LogP contribution is -1.94. The normalized spacial score (nSPS) is 11.3. The number of halogens is 2. The second kappa shape index (κ2) is 5.42. The largest absolute Gasteiger partial charge is 0.323 e. The molecule has 0 amide bonds. The van der Waals surface area contributed by atoms with E-state index < -0.39 is 0 Å². The molecule has 0 saturated heterocycles. The second-order valence-corrected chi connectivity index (χ2v) is 5.05. The van der Waals surface area contributed by atoms with E-state index in [4.69, 9.17) is 0 Å². The van der Waals surface area contributed by atoms with Gasteiger partial charge < -0.3 is 4.98 Å². The van der Waals surface area contributed by atoms with Crippen molar-refractivity contribution in [1.82, 2.24) is 9.97 Å². The number of hydrazone groups is 1. The van der Waals surface area contributed by atoms with Crippen LogP contribution in [0.3, 0.4) is 0 Å². The molecule has 1 aromatic heterocycles. The number of hydrogen-bond acceptors (Lipinski definition) is 3. The summed E-state index contributed by atoms with van der Waals surface area (Å²) in [6.07, 6.45) is 1.41. The molecule has 0 spiro atoms. The van der Waals surface area contributed by atoms with Gasteiger partial charge in [0.25, 0.3) is 0 Å². The van der Waals surface area contributed by atoms with E-state index in [2.05, 4.69) is 36.4 Å². The Morgan fingerprint density at radius 2 is 2.10 bits per heavy atom. The van der Waals surface area contributed by atoms with Crippen LogP contribution in [0.5, 0.6) is 0 Å². The first-order valence-corrected chi connectivity index (χ1v) is 6.70. The van der Waals surface area contributed by atoms with Crippen LogP contribution in [0, 0.1) is 5.82 Å². The molecule has 0 unspecified atom stereocenters. The van der Waals surface area contributed by atoms with Gasteiger partial charge in [0, 0.05) is 10.0 Å².